The number of anilines is 1. The van der Waals surface area contributed by atoms with Crippen LogP contribution in [-0.2, 0) is 6.42 Å². The lowest BCUT2D eigenvalue weighted by Gasteiger charge is -2.09. The second kappa shape index (κ2) is 5.10. The van der Waals surface area contributed by atoms with Gasteiger partial charge in [-0.05, 0) is 28.3 Å². The fourth-order valence-electron chi connectivity index (χ4n) is 1.46. The van der Waals surface area contributed by atoms with Crippen LogP contribution < -0.4 is 5.73 Å². The zero-order valence-electron chi connectivity index (χ0n) is 9.64. The number of aromatic nitrogens is 3. The quantitative estimate of drug-likeness (QED) is 0.945. The van der Waals surface area contributed by atoms with Gasteiger partial charge in [-0.15, -0.1) is 11.3 Å². The number of halogens is 1. The van der Waals surface area contributed by atoms with E-state index in [4.69, 9.17) is 5.73 Å². The molecule has 2 aromatic rings. The van der Waals surface area contributed by atoms with E-state index in [1.165, 1.54) is 11.3 Å². The van der Waals surface area contributed by atoms with E-state index in [9.17, 15) is 0 Å². The van der Waals surface area contributed by atoms with E-state index in [2.05, 4.69) is 44.7 Å². The standard InChI is InChI=1S/C11H13BrN4S/c1-6(2)5-7-8(12)9(13)16-10(15-7)11-14-3-4-17-11/h3-4,6H,5H2,1-2H3,(H2,13,15,16). The van der Waals surface area contributed by atoms with Crippen LogP contribution in [-0.4, -0.2) is 15.0 Å². The first-order valence-electron chi connectivity index (χ1n) is 5.29. The number of hydrogen-bond donors (Lipinski definition) is 1. The highest BCUT2D eigenvalue weighted by molar-refractivity contribution is 9.10. The molecule has 4 nitrogen and oxygen atoms in total. The Hall–Kier alpha value is -1.01. The van der Waals surface area contributed by atoms with Gasteiger partial charge in [0.2, 0.25) is 0 Å². The van der Waals surface area contributed by atoms with E-state index in [0.29, 0.717) is 17.6 Å². The maximum absolute atomic E-state index is 5.88. The molecule has 2 N–H and O–H groups in total. The highest BCUT2D eigenvalue weighted by atomic mass is 79.9. The van der Waals surface area contributed by atoms with Crippen LogP contribution in [0.25, 0.3) is 10.8 Å². The van der Waals surface area contributed by atoms with E-state index < -0.39 is 0 Å². The van der Waals surface area contributed by atoms with Gasteiger partial charge in [-0.3, -0.25) is 0 Å². The maximum Gasteiger partial charge on any atom is 0.190 e. The highest BCUT2D eigenvalue weighted by Crippen LogP contribution is 2.27. The molecule has 17 heavy (non-hydrogen) atoms. The number of hydrogen-bond acceptors (Lipinski definition) is 5. The van der Waals surface area contributed by atoms with Crippen molar-refractivity contribution < 1.29 is 0 Å². The van der Waals surface area contributed by atoms with Gasteiger partial charge in [0.1, 0.15) is 5.82 Å². The van der Waals surface area contributed by atoms with Crippen LogP contribution in [0.15, 0.2) is 16.0 Å². The Morgan fingerprint density at radius 2 is 2.18 bits per heavy atom. The van der Waals surface area contributed by atoms with Crippen LogP contribution in [0, 0.1) is 5.92 Å². The molecule has 0 aromatic carbocycles. The number of nitrogen functional groups attached to an aromatic ring is 1. The van der Waals surface area contributed by atoms with Crippen molar-refractivity contribution in [2.75, 3.05) is 5.73 Å². The van der Waals surface area contributed by atoms with Crippen molar-refractivity contribution in [3.63, 3.8) is 0 Å². The summed E-state index contributed by atoms with van der Waals surface area (Å²) in [5, 5.41) is 2.70. The van der Waals surface area contributed by atoms with Gasteiger partial charge in [0.05, 0.1) is 10.2 Å². The van der Waals surface area contributed by atoms with Crippen LogP contribution in [0.3, 0.4) is 0 Å². The number of rotatable bonds is 3. The molecule has 0 aliphatic heterocycles. The van der Waals surface area contributed by atoms with Crippen molar-refractivity contribution in [2.24, 2.45) is 5.92 Å². The molecule has 0 amide bonds. The summed E-state index contributed by atoms with van der Waals surface area (Å²) in [5.41, 5.74) is 6.82. The van der Waals surface area contributed by atoms with Crippen molar-refractivity contribution in [3.8, 4) is 10.8 Å². The third-order valence-corrected chi connectivity index (χ3v) is 3.80. The Morgan fingerprint density at radius 3 is 2.76 bits per heavy atom. The first-order valence-corrected chi connectivity index (χ1v) is 6.97. The van der Waals surface area contributed by atoms with Crippen LogP contribution in [0.1, 0.15) is 19.5 Å². The topological polar surface area (TPSA) is 64.7 Å². The van der Waals surface area contributed by atoms with E-state index >= 15 is 0 Å². The fraction of sp³-hybridized carbons (Fsp3) is 0.364. The van der Waals surface area contributed by atoms with Gasteiger partial charge in [-0.2, -0.15) is 0 Å². The fourth-order valence-corrected chi connectivity index (χ4v) is 2.37. The molecule has 0 radical (unpaired) electrons. The predicted octanol–water partition coefficient (Wildman–Crippen LogP) is 3.14. The summed E-state index contributed by atoms with van der Waals surface area (Å²) in [6.07, 6.45) is 2.61. The Labute approximate surface area is 112 Å². The normalized spacial score (nSPS) is 11.1. The van der Waals surface area contributed by atoms with Crippen molar-refractivity contribution in [1.29, 1.82) is 0 Å². The zero-order valence-corrected chi connectivity index (χ0v) is 12.0. The summed E-state index contributed by atoms with van der Waals surface area (Å²) in [7, 11) is 0. The molecular weight excluding hydrogens is 300 g/mol. The number of nitrogens with two attached hydrogens (primary N) is 1. The summed E-state index contributed by atoms with van der Waals surface area (Å²) < 4.78 is 0.798. The predicted molar refractivity (Wildman–Crippen MR) is 73.8 cm³/mol. The van der Waals surface area contributed by atoms with E-state index in [1.54, 1.807) is 6.20 Å². The molecular formula is C11H13BrN4S. The van der Waals surface area contributed by atoms with Gasteiger partial charge in [0.15, 0.2) is 10.8 Å². The van der Waals surface area contributed by atoms with E-state index in [0.717, 1.165) is 21.6 Å². The monoisotopic (exact) mass is 312 g/mol. The van der Waals surface area contributed by atoms with Crippen LogP contribution >= 0.6 is 27.3 Å². The van der Waals surface area contributed by atoms with Gasteiger partial charge in [-0.1, -0.05) is 13.8 Å². The minimum Gasteiger partial charge on any atom is -0.383 e. The van der Waals surface area contributed by atoms with Gasteiger partial charge < -0.3 is 5.73 Å². The second-order valence-electron chi connectivity index (χ2n) is 4.13. The molecule has 2 heterocycles. The second-order valence-corrected chi connectivity index (χ2v) is 5.82. The number of thiazole rings is 1. The Bertz CT molecular complexity index is 510. The maximum atomic E-state index is 5.88. The molecule has 0 saturated carbocycles. The van der Waals surface area contributed by atoms with Crippen molar-refractivity contribution >= 4 is 33.1 Å². The third kappa shape index (κ3) is 2.81. The van der Waals surface area contributed by atoms with Gasteiger partial charge in [0, 0.05) is 11.6 Å². The van der Waals surface area contributed by atoms with Crippen LogP contribution in [0.2, 0.25) is 0 Å². The van der Waals surface area contributed by atoms with Crippen molar-refractivity contribution in [3.05, 3.63) is 21.7 Å². The van der Waals surface area contributed by atoms with E-state index in [-0.39, 0.29) is 0 Å². The minimum atomic E-state index is 0.473. The van der Waals surface area contributed by atoms with Crippen LogP contribution in [0.4, 0.5) is 5.82 Å². The summed E-state index contributed by atoms with van der Waals surface area (Å²) >= 11 is 4.95. The number of nitrogens with zero attached hydrogens (tertiary/aromatic N) is 3. The third-order valence-electron chi connectivity index (χ3n) is 2.17. The molecule has 0 aliphatic carbocycles. The van der Waals surface area contributed by atoms with Gasteiger partial charge >= 0.3 is 0 Å². The first-order chi connectivity index (χ1) is 8.08. The van der Waals surface area contributed by atoms with Crippen LogP contribution in [0.5, 0.6) is 0 Å². The summed E-state index contributed by atoms with van der Waals surface area (Å²) in [4.78, 5) is 13.0. The molecule has 0 bridgehead atoms. The van der Waals surface area contributed by atoms with E-state index in [1.807, 2.05) is 5.38 Å². The summed E-state index contributed by atoms with van der Waals surface area (Å²) in [5.74, 6) is 1.60. The van der Waals surface area contributed by atoms with Crippen molar-refractivity contribution in [2.45, 2.75) is 20.3 Å². The lowest BCUT2D eigenvalue weighted by molar-refractivity contribution is 0.633. The SMILES string of the molecule is CC(C)Cc1nc(-c2nccs2)nc(N)c1Br. The summed E-state index contributed by atoms with van der Waals surface area (Å²) in [6.45, 7) is 4.29. The molecule has 0 aliphatic rings. The van der Waals surface area contributed by atoms with Gasteiger partial charge in [0.25, 0.3) is 0 Å². The minimum absolute atomic E-state index is 0.473. The molecule has 90 valence electrons. The smallest absolute Gasteiger partial charge is 0.190 e. The average molecular weight is 313 g/mol. The Kier molecular flexibility index (Phi) is 3.73. The van der Waals surface area contributed by atoms with Gasteiger partial charge in [-0.25, -0.2) is 15.0 Å². The molecule has 2 aromatic heterocycles. The molecule has 0 unspecified atom stereocenters. The summed E-state index contributed by atoms with van der Waals surface area (Å²) in [6, 6.07) is 0. The Morgan fingerprint density at radius 1 is 1.41 bits per heavy atom. The van der Waals surface area contributed by atoms with Crippen molar-refractivity contribution in [1.82, 2.24) is 15.0 Å². The molecule has 0 fully saturated rings. The lowest BCUT2D eigenvalue weighted by Crippen LogP contribution is -2.05. The largest absolute Gasteiger partial charge is 0.383 e. The zero-order chi connectivity index (χ0) is 12.4. The molecule has 2 rings (SSSR count). The molecule has 6 heteroatoms. The molecule has 0 atom stereocenters. The average Bonchev–Trinajstić information content (AvgIpc) is 2.77. The molecule has 0 saturated heterocycles. The Balaban J connectivity index is 2.46. The molecule has 0 spiro atoms. The first kappa shape index (κ1) is 12.4. The lowest BCUT2D eigenvalue weighted by atomic mass is 10.1. The highest BCUT2D eigenvalue weighted by Gasteiger charge is 2.13.